The van der Waals surface area contributed by atoms with Crippen molar-refractivity contribution in [2.75, 3.05) is 0 Å². The molecule has 0 aromatic heterocycles. The molecular formula is C6H8O6Pt. The number of Topliss-reactive ketones (excluding diaryl/α,β-unsaturated/α-hetero) is 2. The largest absolute Gasteiger partial charge is 0.476 e. The Morgan fingerprint density at radius 1 is 0.769 bits per heavy atom. The Bertz CT molecular complexity index is 173. The summed E-state index contributed by atoms with van der Waals surface area (Å²) in [7, 11) is 0. The van der Waals surface area contributed by atoms with Gasteiger partial charge in [0.1, 0.15) is 0 Å². The van der Waals surface area contributed by atoms with Gasteiger partial charge in [0.15, 0.2) is 0 Å². The van der Waals surface area contributed by atoms with Crippen LogP contribution < -0.4 is 0 Å². The summed E-state index contributed by atoms with van der Waals surface area (Å²) in [5.41, 5.74) is 0. The van der Waals surface area contributed by atoms with E-state index in [-0.39, 0.29) is 21.1 Å². The van der Waals surface area contributed by atoms with Crippen LogP contribution in [0, 0.1) is 0 Å². The van der Waals surface area contributed by atoms with E-state index in [1.165, 1.54) is 0 Å². The molecule has 13 heavy (non-hydrogen) atoms. The predicted molar refractivity (Wildman–Crippen MR) is 36.6 cm³/mol. The molecule has 0 aromatic carbocycles. The van der Waals surface area contributed by atoms with Gasteiger partial charge in [0, 0.05) is 34.9 Å². The minimum atomic E-state index is -1.38. The number of carbonyl (C=O) groups is 4. The van der Waals surface area contributed by atoms with E-state index in [0.29, 0.717) is 0 Å². The van der Waals surface area contributed by atoms with Crippen LogP contribution in [0.3, 0.4) is 0 Å². The van der Waals surface area contributed by atoms with E-state index in [9.17, 15) is 19.2 Å². The fourth-order valence-electron chi connectivity index (χ4n) is 0. The number of carbonyl (C=O) groups excluding carboxylic acids is 2. The molecular weight excluding hydrogens is 363 g/mol. The first-order valence-corrected chi connectivity index (χ1v) is 2.76. The molecule has 78 valence electrons. The quantitative estimate of drug-likeness (QED) is 0.623. The molecule has 0 aliphatic rings. The Morgan fingerprint density at radius 3 is 0.846 bits per heavy atom. The summed E-state index contributed by atoms with van der Waals surface area (Å²) < 4.78 is 0. The van der Waals surface area contributed by atoms with Crippen LogP contribution in [0.1, 0.15) is 13.8 Å². The summed E-state index contributed by atoms with van der Waals surface area (Å²) >= 11 is 0. The van der Waals surface area contributed by atoms with E-state index in [1.54, 1.807) is 0 Å². The van der Waals surface area contributed by atoms with Gasteiger partial charge in [-0.3, -0.25) is 9.59 Å². The Balaban J connectivity index is -0.000000143. The number of hydrogen-bond acceptors (Lipinski definition) is 4. The van der Waals surface area contributed by atoms with Gasteiger partial charge in [-0.2, -0.15) is 0 Å². The fraction of sp³-hybridized carbons (Fsp3) is 0.333. The molecule has 7 heteroatoms. The molecule has 0 amide bonds. The summed E-state index contributed by atoms with van der Waals surface area (Å²) in [6.45, 7) is 2.00. The number of hydrogen-bond donors (Lipinski definition) is 2. The molecule has 0 heterocycles. The van der Waals surface area contributed by atoms with Crippen LogP contribution in [-0.2, 0) is 40.2 Å². The van der Waals surface area contributed by atoms with Gasteiger partial charge in [-0.1, -0.05) is 0 Å². The summed E-state index contributed by atoms with van der Waals surface area (Å²) in [5.74, 6) is -4.41. The first-order valence-electron chi connectivity index (χ1n) is 2.76. The Hall–Kier alpha value is -1.03. The van der Waals surface area contributed by atoms with Crippen molar-refractivity contribution in [3.8, 4) is 0 Å². The van der Waals surface area contributed by atoms with E-state index in [2.05, 4.69) is 0 Å². The zero-order chi connectivity index (χ0) is 10.3. The SMILES string of the molecule is CC(=O)C(=O)O.CC(=O)C(=O)O.[Pt]. The first kappa shape index (κ1) is 17.9. The zero-order valence-electron chi connectivity index (χ0n) is 6.84. The standard InChI is InChI=1S/2C3H4O3.Pt/c2*1-2(4)3(5)6;/h2*1H3,(H,5,6);. The van der Waals surface area contributed by atoms with Gasteiger partial charge < -0.3 is 10.2 Å². The van der Waals surface area contributed by atoms with Crippen molar-refractivity contribution in [2.24, 2.45) is 0 Å². The van der Waals surface area contributed by atoms with Crippen molar-refractivity contribution < 1.29 is 50.5 Å². The van der Waals surface area contributed by atoms with Gasteiger partial charge in [0.2, 0.25) is 11.6 Å². The molecule has 0 aliphatic carbocycles. The molecule has 0 spiro atoms. The monoisotopic (exact) mass is 371 g/mol. The van der Waals surface area contributed by atoms with E-state index in [4.69, 9.17) is 10.2 Å². The van der Waals surface area contributed by atoms with Crippen LogP contribution in [0.25, 0.3) is 0 Å². The molecule has 0 atom stereocenters. The van der Waals surface area contributed by atoms with Gasteiger partial charge in [-0.25, -0.2) is 9.59 Å². The van der Waals surface area contributed by atoms with Crippen molar-refractivity contribution in [3.63, 3.8) is 0 Å². The maximum absolute atomic E-state index is 9.54. The maximum Gasteiger partial charge on any atom is 0.371 e. The van der Waals surface area contributed by atoms with Crippen molar-refractivity contribution >= 4 is 23.5 Å². The van der Waals surface area contributed by atoms with Crippen LogP contribution in [-0.4, -0.2) is 33.7 Å². The second-order valence-electron chi connectivity index (χ2n) is 1.72. The molecule has 0 saturated heterocycles. The normalized spacial score (nSPS) is 6.92. The van der Waals surface area contributed by atoms with Crippen molar-refractivity contribution in [1.29, 1.82) is 0 Å². The molecule has 0 rings (SSSR count). The minimum Gasteiger partial charge on any atom is -0.476 e. The van der Waals surface area contributed by atoms with E-state index in [1.807, 2.05) is 0 Å². The average molecular weight is 371 g/mol. The molecule has 0 fully saturated rings. The smallest absolute Gasteiger partial charge is 0.371 e. The fourth-order valence-corrected chi connectivity index (χ4v) is 0. The molecule has 2 N–H and O–H groups in total. The Labute approximate surface area is 88.2 Å². The summed E-state index contributed by atoms with van der Waals surface area (Å²) in [6, 6.07) is 0. The van der Waals surface area contributed by atoms with Crippen molar-refractivity contribution in [1.82, 2.24) is 0 Å². The molecule has 0 aliphatic heterocycles. The van der Waals surface area contributed by atoms with E-state index in [0.717, 1.165) is 13.8 Å². The van der Waals surface area contributed by atoms with Gasteiger partial charge in [0.25, 0.3) is 0 Å². The van der Waals surface area contributed by atoms with Gasteiger partial charge in [-0.05, 0) is 0 Å². The molecule has 0 bridgehead atoms. The maximum atomic E-state index is 9.54. The molecule has 0 aromatic rings. The number of ketones is 2. The number of aliphatic carboxylic acids is 2. The summed E-state index contributed by atoms with van der Waals surface area (Å²) in [5, 5.41) is 15.3. The summed E-state index contributed by atoms with van der Waals surface area (Å²) in [6.07, 6.45) is 0. The Kier molecular flexibility index (Phi) is 12.5. The van der Waals surface area contributed by atoms with Gasteiger partial charge in [-0.15, -0.1) is 0 Å². The average Bonchev–Trinajstić information content (AvgIpc) is 1.88. The molecule has 0 saturated carbocycles. The number of carboxylic acids is 2. The molecule has 6 nitrogen and oxygen atoms in total. The topological polar surface area (TPSA) is 109 Å². The summed E-state index contributed by atoms with van der Waals surface area (Å²) in [4.78, 5) is 37.8. The number of rotatable bonds is 2. The van der Waals surface area contributed by atoms with Crippen LogP contribution in [0.15, 0.2) is 0 Å². The molecule has 0 radical (unpaired) electrons. The van der Waals surface area contributed by atoms with E-state index >= 15 is 0 Å². The molecule has 0 unspecified atom stereocenters. The van der Waals surface area contributed by atoms with Crippen LogP contribution >= 0.6 is 0 Å². The predicted octanol–water partition coefficient (Wildman–Crippen LogP) is -0.683. The second kappa shape index (κ2) is 9.06. The third-order valence-electron chi connectivity index (χ3n) is 0.602. The Morgan fingerprint density at radius 2 is 0.846 bits per heavy atom. The van der Waals surface area contributed by atoms with Gasteiger partial charge >= 0.3 is 11.9 Å². The van der Waals surface area contributed by atoms with Crippen molar-refractivity contribution in [3.05, 3.63) is 0 Å². The van der Waals surface area contributed by atoms with Crippen molar-refractivity contribution in [2.45, 2.75) is 13.8 Å². The van der Waals surface area contributed by atoms with E-state index < -0.39 is 23.5 Å². The minimum absolute atomic E-state index is 0. The van der Waals surface area contributed by atoms with Gasteiger partial charge in [0.05, 0.1) is 0 Å². The third-order valence-corrected chi connectivity index (χ3v) is 0.602. The number of carboxylic acid groups (broad SMARTS) is 2. The second-order valence-corrected chi connectivity index (χ2v) is 1.72. The van der Waals surface area contributed by atoms with Crippen LogP contribution in [0.4, 0.5) is 0 Å². The first-order chi connectivity index (χ1) is 5.29. The zero-order valence-corrected chi connectivity index (χ0v) is 9.12. The van der Waals surface area contributed by atoms with Crippen LogP contribution in [0.5, 0.6) is 0 Å². The third kappa shape index (κ3) is 18.2. The van der Waals surface area contributed by atoms with Crippen LogP contribution in [0.2, 0.25) is 0 Å².